The minimum absolute atomic E-state index is 1.04. The molecule has 0 saturated carbocycles. The summed E-state index contributed by atoms with van der Waals surface area (Å²) in [6, 6.07) is 8.30. The minimum atomic E-state index is 1.04. The topological polar surface area (TPSA) is 21.1 Å². The van der Waals surface area contributed by atoms with Gasteiger partial charge in [0.25, 0.3) is 0 Å². The molecule has 0 bridgehead atoms. The molecule has 0 saturated heterocycles. The van der Waals surface area contributed by atoms with Gasteiger partial charge in [-0.2, -0.15) is 0 Å². The average Bonchev–Trinajstić information content (AvgIpc) is 2.56. The molecule has 0 aliphatic rings. The van der Waals surface area contributed by atoms with Crippen molar-refractivity contribution in [2.75, 3.05) is 20.6 Å². The molecule has 1 aromatic carbocycles. The number of fused-ring (bicyclic) bond motifs is 1. The first kappa shape index (κ1) is 11.1. The van der Waals surface area contributed by atoms with E-state index >= 15 is 0 Å². The summed E-state index contributed by atoms with van der Waals surface area (Å²) in [6.45, 7) is 1.11. The van der Waals surface area contributed by atoms with E-state index in [1.165, 1.54) is 11.3 Å². The lowest BCUT2D eigenvalue weighted by molar-refractivity contribution is 0.398. The highest BCUT2D eigenvalue weighted by atomic mass is 15.1. The highest BCUT2D eigenvalue weighted by molar-refractivity contribution is 5.75. The van der Waals surface area contributed by atoms with Crippen LogP contribution in [0.1, 0.15) is 12.2 Å². The largest absolute Gasteiger partial charge is 0.331 e. The molecule has 3 nitrogen and oxygen atoms in total. The van der Waals surface area contributed by atoms with Gasteiger partial charge in [-0.3, -0.25) is 0 Å². The van der Waals surface area contributed by atoms with Crippen LogP contribution in [0.3, 0.4) is 0 Å². The molecule has 0 fully saturated rings. The molecule has 2 aromatic rings. The van der Waals surface area contributed by atoms with Crippen LogP contribution in [0.2, 0.25) is 0 Å². The van der Waals surface area contributed by atoms with Gasteiger partial charge in [-0.25, -0.2) is 4.98 Å². The first-order valence-corrected chi connectivity index (χ1v) is 5.73. The van der Waals surface area contributed by atoms with E-state index in [4.69, 9.17) is 0 Å². The molecule has 0 aliphatic heterocycles. The summed E-state index contributed by atoms with van der Waals surface area (Å²) in [7, 11) is 6.31. The molecule has 0 spiro atoms. The second-order valence-corrected chi connectivity index (χ2v) is 4.48. The van der Waals surface area contributed by atoms with Gasteiger partial charge in [0.1, 0.15) is 5.82 Å². The Balaban J connectivity index is 2.15. The third-order valence-electron chi connectivity index (χ3n) is 2.89. The summed E-state index contributed by atoms with van der Waals surface area (Å²) in [5.41, 5.74) is 2.33. The lowest BCUT2D eigenvalue weighted by Crippen LogP contribution is -2.14. The Hall–Kier alpha value is -1.35. The van der Waals surface area contributed by atoms with Crippen molar-refractivity contribution in [2.45, 2.75) is 12.8 Å². The summed E-state index contributed by atoms with van der Waals surface area (Å²) in [5.74, 6) is 1.18. The quantitative estimate of drug-likeness (QED) is 0.781. The zero-order chi connectivity index (χ0) is 11.5. The van der Waals surface area contributed by atoms with Crippen molar-refractivity contribution in [3.05, 3.63) is 30.1 Å². The number of nitrogens with zero attached hydrogens (tertiary/aromatic N) is 3. The van der Waals surface area contributed by atoms with Crippen molar-refractivity contribution in [3.63, 3.8) is 0 Å². The van der Waals surface area contributed by atoms with E-state index in [2.05, 4.69) is 53.8 Å². The van der Waals surface area contributed by atoms with E-state index in [1.54, 1.807) is 0 Å². The zero-order valence-electron chi connectivity index (χ0n) is 10.3. The Labute approximate surface area is 96.7 Å². The molecule has 1 aromatic heterocycles. The van der Waals surface area contributed by atoms with Crippen LogP contribution in [0.5, 0.6) is 0 Å². The molecule has 86 valence electrons. The van der Waals surface area contributed by atoms with Crippen LogP contribution in [0, 0.1) is 0 Å². The number of hydrogen-bond acceptors (Lipinski definition) is 2. The molecule has 0 N–H and O–H groups in total. The van der Waals surface area contributed by atoms with Crippen molar-refractivity contribution in [2.24, 2.45) is 7.05 Å². The zero-order valence-corrected chi connectivity index (χ0v) is 10.3. The van der Waals surface area contributed by atoms with E-state index in [1.807, 2.05) is 6.07 Å². The summed E-state index contributed by atoms with van der Waals surface area (Å²) in [5, 5.41) is 0. The Morgan fingerprint density at radius 1 is 1.25 bits per heavy atom. The summed E-state index contributed by atoms with van der Waals surface area (Å²) in [4.78, 5) is 6.86. The molecular weight excluding hydrogens is 198 g/mol. The second-order valence-electron chi connectivity index (χ2n) is 4.48. The summed E-state index contributed by atoms with van der Waals surface area (Å²) < 4.78 is 2.20. The van der Waals surface area contributed by atoms with Crippen LogP contribution in [0.4, 0.5) is 0 Å². The Kier molecular flexibility index (Phi) is 3.25. The number of aromatic nitrogens is 2. The number of imidazole rings is 1. The fraction of sp³-hybridized carbons (Fsp3) is 0.462. The van der Waals surface area contributed by atoms with Crippen molar-refractivity contribution in [1.82, 2.24) is 14.5 Å². The number of aryl methyl sites for hydroxylation is 2. The van der Waals surface area contributed by atoms with Crippen LogP contribution < -0.4 is 0 Å². The van der Waals surface area contributed by atoms with Crippen molar-refractivity contribution in [1.29, 1.82) is 0 Å². The van der Waals surface area contributed by atoms with Gasteiger partial charge in [-0.1, -0.05) is 12.1 Å². The smallest absolute Gasteiger partial charge is 0.109 e. The highest BCUT2D eigenvalue weighted by Gasteiger charge is 2.06. The lowest BCUT2D eigenvalue weighted by atomic mass is 10.3. The predicted octanol–water partition coefficient (Wildman–Crippen LogP) is 2.07. The highest BCUT2D eigenvalue weighted by Crippen LogP contribution is 2.15. The van der Waals surface area contributed by atoms with Gasteiger partial charge in [0, 0.05) is 13.5 Å². The average molecular weight is 217 g/mol. The molecule has 16 heavy (non-hydrogen) atoms. The van der Waals surface area contributed by atoms with Crippen LogP contribution in [-0.2, 0) is 13.5 Å². The number of hydrogen-bond donors (Lipinski definition) is 0. The number of benzene rings is 1. The normalized spacial score (nSPS) is 11.5. The van der Waals surface area contributed by atoms with E-state index in [0.717, 1.165) is 24.9 Å². The standard InChI is InChI=1S/C13H19N3/c1-15(2)10-6-9-13-14-11-7-4-5-8-12(11)16(13)3/h4-5,7-8H,6,9-10H2,1-3H3. The molecule has 0 unspecified atom stereocenters. The van der Waals surface area contributed by atoms with Crippen LogP contribution in [0.15, 0.2) is 24.3 Å². The maximum atomic E-state index is 4.65. The van der Waals surface area contributed by atoms with Gasteiger partial charge >= 0.3 is 0 Å². The predicted molar refractivity (Wildman–Crippen MR) is 67.6 cm³/mol. The maximum Gasteiger partial charge on any atom is 0.109 e. The minimum Gasteiger partial charge on any atom is -0.331 e. The molecule has 0 aliphatic carbocycles. The van der Waals surface area contributed by atoms with Gasteiger partial charge in [0.05, 0.1) is 11.0 Å². The SMILES string of the molecule is CN(C)CCCc1nc2ccccc2n1C. The van der Waals surface area contributed by atoms with E-state index in [9.17, 15) is 0 Å². The molecule has 0 atom stereocenters. The van der Waals surface area contributed by atoms with Crippen LogP contribution >= 0.6 is 0 Å². The first-order chi connectivity index (χ1) is 7.68. The Morgan fingerprint density at radius 2 is 2.00 bits per heavy atom. The number of rotatable bonds is 4. The summed E-state index contributed by atoms with van der Waals surface area (Å²) >= 11 is 0. The van der Waals surface area contributed by atoms with Crippen LogP contribution in [-0.4, -0.2) is 35.1 Å². The van der Waals surface area contributed by atoms with Crippen LogP contribution in [0.25, 0.3) is 11.0 Å². The van der Waals surface area contributed by atoms with Crippen molar-refractivity contribution >= 4 is 11.0 Å². The van der Waals surface area contributed by atoms with Crippen molar-refractivity contribution in [3.8, 4) is 0 Å². The Morgan fingerprint density at radius 3 is 2.69 bits per heavy atom. The summed E-state index contributed by atoms with van der Waals surface area (Å²) in [6.07, 6.45) is 2.20. The van der Waals surface area contributed by atoms with Gasteiger partial charge in [-0.15, -0.1) is 0 Å². The van der Waals surface area contributed by atoms with E-state index < -0.39 is 0 Å². The fourth-order valence-corrected chi connectivity index (χ4v) is 1.97. The van der Waals surface area contributed by atoms with E-state index in [-0.39, 0.29) is 0 Å². The van der Waals surface area contributed by atoms with Crippen molar-refractivity contribution < 1.29 is 0 Å². The second kappa shape index (κ2) is 4.66. The van der Waals surface area contributed by atoms with Gasteiger partial charge in [-0.05, 0) is 39.2 Å². The third kappa shape index (κ3) is 2.25. The monoisotopic (exact) mass is 217 g/mol. The van der Waals surface area contributed by atoms with Gasteiger partial charge < -0.3 is 9.47 Å². The Bertz CT molecular complexity index is 471. The molecule has 0 amide bonds. The molecule has 1 heterocycles. The third-order valence-corrected chi connectivity index (χ3v) is 2.89. The first-order valence-electron chi connectivity index (χ1n) is 5.73. The lowest BCUT2D eigenvalue weighted by Gasteiger charge is -2.08. The molecule has 2 rings (SSSR count). The van der Waals surface area contributed by atoms with Gasteiger partial charge in [0.15, 0.2) is 0 Å². The van der Waals surface area contributed by atoms with E-state index in [0.29, 0.717) is 0 Å². The number of para-hydroxylation sites is 2. The molecular formula is C13H19N3. The molecule has 0 radical (unpaired) electrons. The maximum absolute atomic E-state index is 4.65. The molecule has 3 heteroatoms. The van der Waals surface area contributed by atoms with Gasteiger partial charge in [0.2, 0.25) is 0 Å². The fourth-order valence-electron chi connectivity index (χ4n) is 1.97.